The minimum Gasteiger partial charge on any atom is -0.363 e. The van der Waals surface area contributed by atoms with Gasteiger partial charge in [-0.25, -0.2) is 18.4 Å². The van der Waals surface area contributed by atoms with E-state index in [1.54, 1.807) is 6.33 Å². The Morgan fingerprint density at radius 2 is 1.88 bits per heavy atom. The first-order chi connectivity index (χ1) is 15.4. The third-order valence-corrected chi connectivity index (χ3v) is 6.25. The minimum atomic E-state index is -2.95. The maximum Gasteiger partial charge on any atom is 0.148 e. The lowest BCUT2D eigenvalue weighted by Crippen LogP contribution is -2.21. The molecule has 0 radical (unpaired) electrons. The van der Waals surface area contributed by atoms with Gasteiger partial charge in [-0.3, -0.25) is 0 Å². The summed E-state index contributed by atoms with van der Waals surface area (Å²) in [6, 6.07) is 18.5. The van der Waals surface area contributed by atoms with Gasteiger partial charge >= 0.3 is 0 Å². The fourth-order valence-corrected chi connectivity index (χ4v) is 4.06. The number of nitrogens with one attached hydrogen (secondary N) is 2. The molecule has 0 amide bonds. The van der Waals surface area contributed by atoms with Crippen LogP contribution in [0.1, 0.15) is 24.1 Å². The van der Waals surface area contributed by atoms with Gasteiger partial charge in [0.2, 0.25) is 0 Å². The molecule has 8 heteroatoms. The SMILES string of the molecule is CC(Nc1ncnc2ccc(-n3ccc(CNCCS(C)(=O)=O)c3)cc12)c1ccccc1. The van der Waals surface area contributed by atoms with Crippen molar-refractivity contribution in [1.82, 2.24) is 19.9 Å². The van der Waals surface area contributed by atoms with E-state index in [9.17, 15) is 8.42 Å². The first-order valence-corrected chi connectivity index (χ1v) is 12.6. The molecule has 0 spiro atoms. The van der Waals surface area contributed by atoms with Crippen LogP contribution in [0.4, 0.5) is 5.82 Å². The van der Waals surface area contributed by atoms with Crippen LogP contribution in [0.25, 0.3) is 16.6 Å². The smallest absolute Gasteiger partial charge is 0.148 e. The molecule has 2 aromatic heterocycles. The predicted molar refractivity (Wildman–Crippen MR) is 129 cm³/mol. The Kier molecular flexibility index (Phi) is 6.53. The molecule has 0 aliphatic carbocycles. The molecule has 2 heterocycles. The predicted octanol–water partition coefficient (Wildman–Crippen LogP) is 3.73. The van der Waals surface area contributed by atoms with Gasteiger partial charge in [0.05, 0.1) is 11.3 Å². The van der Waals surface area contributed by atoms with Crippen LogP contribution in [-0.2, 0) is 16.4 Å². The molecule has 0 bridgehead atoms. The first kappa shape index (κ1) is 22.0. The van der Waals surface area contributed by atoms with Crippen LogP contribution in [0.3, 0.4) is 0 Å². The third-order valence-electron chi connectivity index (χ3n) is 5.30. The van der Waals surface area contributed by atoms with E-state index in [1.807, 2.05) is 53.4 Å². The summed E-state index contributed by atoms with van der Waals surface area (Å²) in [6.07, 6.45) is 6.87. The number of anilines is 1. The lowest BCUT2D eigenvalue weighted by Gasteiger charge is -2.16. The highest BCUT2D eigenvalue weighted by atomic mass is 32.2. The molecule has 7 nitrogen and oxygen atoms in total. The summed E-state index contributed by atoms with van der Waals surface area (Å²) in [6.45, 7) is 3.16. The van der Waals surface area contributed by atoms with Gasteiger partial charge in [0, 0.05) is 48.9 Å². The van der Waals surface area contributed by atoms with Gasteiger partial charge in [-0.05, 0) is 42.3 Å². The van der Waals surface area contributed by atoms with E-state index in [-0.39, 0.29) is 11.8 Å². The quantitative estimate of drug-likeness (QED) is 0.379. The van der Waals surface area contributed by atoms with E-state index in [4.69, 9.17) is 0 Å². The maximum absolute atomic E-state index is 11.3. The monoisotopic (exact) mass is 449 g/mol. The second kappa shape index (κ2) is 9.50. The van der Waals surface area contributed by atoms with E-state index < -0.39 is 9.84 Å². The number of nitrogens with zero attached hydrogens (tertiary/aromatic N) is 3. The molecule has 1 atom stereocenters. The summed E-state index contributed by atoms with van der Waals surface area (Å²) in [5.74, 6) is 0.929. The number of aromatic nitrogens is 3. The number of fused-ring (bicyclic) bond motifs is 1. The number of hydrogen-bond donors (Lipinski definition) is 2. The average Bonchev–Trinajstić information content (AvgIpc) is 3.26. The Balaban J connectivity index is 1.52. The summed E-state index contributed by atoms with van der Waals surface area (Å²) in [7, 11) is -2.95. The Labute approximate surface area is 188 Å². The molecule has 32 heavy (non-hydrogen) atoms. The molecule has 166 valence electrons. The Bertz CT molecular complexity index is 1300. The van der Waals surface area contributed by atoms with Crippen LogP contribution >= 0.6 is 0 Å². The van der Waals surface area contributed by atoms with Crippen LogP contribution in [0, 0.1) is 0 Å². The van der Waals surface area contributed by atoms with Gasteiger partial charge in [0.15, 0.2) is 0 Å². The van der Waals surface area contributed by atoms with Crippen molar-refractivity contribution in [2.45, 2.75) is 19.5 Å². The van der Waals surface area contributed by atoms with Crippen LogP contribution < -0.4 is 10.6 Å². The van der Waals surface area contributed by atoms with Gasteiger partial charge in [-0.2, -0.15) is 0 Å². The zero-order valence-electron chi connectivity index (χ0n) is 18.2. The van der Waals surface area contributed by atoms with Gasteiger partial charge in [0.25, 0.3) is 0 Å². The average molecular weight is 450 g/mol. The molecular formula is C24H27N5O2S. The van der Waals surface area contributed by atoms with Gasteiger partial charge in [-0.15, -0.1) is 0 Å². The topological polar surface area (TPSA) is 88.9 Å². The van der Waals surface area contributed by atoms with E-state index in [0.29, 0.717) is 13.1 Å². The Morgan fingerprint density at radius 1 is 1.06 bits per heavy atom. The van der Waals surface area contributed by atoms with Gasteiger partial charge in [-0.1, -0.05) is 30.3 Å². The third kappa shape index (κ3) is 5.52. The number of hydrogen-bond acceptors (Lipinski definition) is 6. The largest absolute Gasteiger partial charge is 0.363 e. The number of rotatable bonds is 9. The van der Waals surface area contributed by atoms with Gasteiger partial charge in [0.1, 0.15) is 22.0 Å². The molecule has 1 unspecified atom stereocenters. The van der Waals surface area contributed by atoms with Crippen molar-refractivity contribution in [1.29, 1.82) is 0 Å². The van der Waals surface area contributed by atoms with Crippen LogP contribution in [0.15, 0.2) is 73.3 Å². The fraction of sp³-hybridized carbons (Fsp3) is 0.250. The van der Waals surface area contributed by atoms with Crippen LogP contribution in [0.5, 0.6) is 0 Å². The van der Waals surface area contributed by atoms with E-state index in [0.717, 1.165) is 28.0 Å². The van der Waals surface area contributed by atoms with Crippen molar-refractivity contribution < 1.29 is 8.42 Å². The van der Waals surface area contributed by atoms with Gasteiger partial charge < -0.3 is 15.2 Å². The summed E-state index contributed by atoms with van der Waals surface area (Å²) in [4.78, 5) is 8.90. The van der Waals surface area contributed by atoms with Crippen molar-refractivity contribution in [3.63, 3.8) is 0 Å². The summed E-state index contributed by atoms with van der Waals surface area (Å²) < 4.78 is 24.6. The molecule has 0 aliphatic heterocycles. The molecule has 4 rings (SSSR count). The summed E-state index contributed by atoms with van der Waals surface area (Å²) >= 11 is 0. The standard InChI is InChI=1S/C24H27N5O2S/c1-18(20-6-4-3-5-7-20)28-24-22-14-21(8-9-23(22)26-17-27-24)29-12-10-19(16-29)15-25-11-13-32(2,30)31/h3-10,12,14,16-18,25H,11,13,15H2,1-2H3,(H,26,27,28). The summed E-state index contributed by atoms with van der Waals surface area (Å²) in [5.41, 5.74) is 4.15. The highest BCUT2D eigenvalue weighted by Crippen LogP contribution is 2.26. The number of sulfone groups is 1. The van der Waals surface area contributed by atoms with Crippen molar-refractivity contribution in [2.24, 2.45) is 0 Å². The lowest BCUT2D eigenvalue weighted by atomic mass is 10.1. The second-order valence-corrected chi connectivity index (χ2v) is 10.2. The molecule has 0 saturated carbocycles. The lowest BCUT2D eigenvalue weighted by molar-refractivity contribution is 0.596. The van der Waals surface area contributed by atoms with Crippen LogP contribution in [0.2, 0.25) is 0 Å². The van der Waals surface area contributed by atoms with Crippen LogP contribution in [-0.4, -0.2) is 41.5 Å². The summed E-state index contributed by atoms with van der Waals surface area (Å²) in [5, 5.41) is 7.64. The van der Waals surface area contributed by atoms with Crippen molar-refractivity contribution in [3.05, 3.63) is 84.4 Å². The molecule has 2 N–H and O–H groups in total. The van der Waals surface area contributed by atoms with E-state index >= 15 is 0 Å². The number of benzene rings is 2. The van der Waals surface area contributed by atoms with E-state index in [2.05, 4.69) is 45.7 Å². The highest BCUT2D eigenvalue weighted by molar-refractivity contribution is 7.90. The fourth-order valence-electron chi connectivity index (χ4n) is 3.55. The van der Waals surface area contributed by atoms with Crippen molar-refractivity contribution in [2.75, 3.05) is 23.9 Å². The highest BCUT2D eigenvalue weighted by Gasteiger charge is 2.11. The van der Waals surface area contributed by atoms with Crippen molar-refractivity contribution >= 4 is 26.6 Å². The molecule has 0 aliphatic rings. The second-order valence-electron chi connectivity index (χ2n) is 7.93. The molecule has 4 aromatic rings. The minimum absolute atomic E-state index is 0.106. The maximum atomic E-state index is 11.3. The Morgan fingerprint density at radius 3 is 2.66 bits per heavy atom. The molecule has 0 saturated heterocycles. The molecule has 2 aromatic carbocycles. The molecular weight excluding hydrogens is 422 g/mol. The normalized spacial score (nSPS) is 12.7. The molecule has 0 fully saturated rings. The zero-order valence-corrected chi connectivity index (χ0v) is 19.0. The Hall–Kier alpha value is -3.23. The first-order valence-electron chi connectivity index (χ1n) is 10.5. The van der Waals surface area contributed by atoms with E-state index in [1.165, 1.54) is 11.8 Å². The van der Waals surface area contributed by atoms with Crippen molar-refractivity contribution in [3.8, 4) is 5.69 Å². The zero-order chi connectivity index (χ0) is 22.6.